The number of nitrogens with zero attached hydrogens (tertiary/aromatic N) is 2. The first-order valence-electron chi connectivity index (χ1n) is 10.9. The van der Waals surface area contributed by atoms with Crippen molar-refractivity contribution in [1.82, 2.24) is 14.9 Å². The van der Waals surface area contributed by atoms with Crippen LogP contribution in [-0.4, -0.2) is 27.8 Å². The Morgan fingerprint density at radius 2 is 1.47 bits per heavy atom. The van der Waals surface area contributed by atoms with E-state index in [1.54, 1.807) is 11.8 Å². The lowest BCUT2D eigenvalue weighted by Crippen LogP contribution is -2.27. The largest absolute Gasteiger partial charge is 0.355 e. The molecule has 0 bridgehead atoms. The van der Waals surface area contributed by atoms with Crippen molar-refractivity contribution >= 4 is 17.7 Å². The van der Waals surface area contributed by atoms with Gasteiger partial charge in [0, 0.05) is 30.0 Å². The predicted octanol–water partition coefficient (Wildman–Crippen LogP) is 5.69. The van der Waals surface area contributed by atoms with Crippen LogP contribution in [0.5, 0.6) is 0 Å². The van der Waals surface area contributed by atoms with E-state index in [2.05, 4.69) is 53.2 Å². The number of carbonyl (C=O) groups is 1. The van der Waals surface area contributed by atoms with Crippen molar-refractivity contribution in [2.24, 2.45) is 0 Å². The molecule has 1 amide bonds. The van der Waals surface area contributed by atoms with Gasteiger partial charge in [0.25, 0.3) is 0 Å². The Labute approximate surface area is 193 Å². The highest BCUT2D eigenvalue weighted by Crippen LogP contribution is 2.35. The zero-order chi connectivity index (χ0) is 22.2. The van der Waals surface area contributed by atoms with Crippen LogP contribution in [0.3, 0.4) is 0 Å². The third-order valence-electron chi connectivity index (χ3n) is 5.21. The number of benzene rings is 3. The molecule has 0 aliphatic rings. The molecule has 0 atom stereocenters. The van der Waals surface area contributed by atoms with Crippen molar-refractivity contribution in [3.8, 4) is 22.5 Å². The summed E-state index contributed by atoms with van der Waals surface area (Å²) in [5, 5.41) is 4.00. The number of hydrogen-bond donors (Lipinski definition) is 1. The summed E-state index contributed by atoms with van der Waals surface area (Å²) in [5.41, 5.74) is 5.42. The molecule has 4 nitrogen and oxygen atoms in total. The fourth-order valence-corrected chi connectivity index (χ4v) is 4.62. The predicted molar refractivity (Wildman–Crippen MR) is 133 cm³/mol. The Balaban J connectivity index is 1.49. The second-order valence-corrected chi connectivity index (χ2v) is 8.49. The molecule has 1 aromatic heterocycles. The summed E-state index contributed by atoms with van der Waals surface area (Å²) in [4.78, 5) is 17.3. The average molecular weight is 442 g/mol. The summed E-state index contributed by atoms with van der Waals surface area (Å²) >= 11 is 1.68. The fourth-order valence-electron chi connectivity index (χ4n) is 3.70. The van der Waals surface area contributed by atoms with Crippen LogP contribution in [0.1, 0.15) is 12.5 Å². The lowest BCUT2D eigenvalue weighted by molar-refractivity contribution is -0.120. The number of hydrogen-bond acceptors (Lipinski definition) is 3. The lowest BCUT2D eigenvalue weighted by Gasteiger charge is -2.11. The molecular weight excluding hydrogens is 414 g/mol. The Morgan fingerprint density at radius 1 is 0.875 bits per heavy atom. The van der Waals surface area contributed by atoms with Gasteiger partial charge in [0.15, 0.2) is 5.16 Å². The van der Waals surface area contributed by atoms with Gasteiger partial charge in [-0.05, 0) is 12.5 Å². The molecule has 5 heteroatoms. The quantitative estimate of drug-likeness (QED) is 0.268. The van der Waals surface area contributed by atoms with Crippen molar-refractivity contribution in [1.29, 1.82) is 0 Å². The molecule has 0 aliphatic carbocycles. The van der Waals surface area contributed by atoms with Gasteiger partial charge < -0.3 is 9.88 Å². The number of aromatic nitrogens is 2. The molecule has 0 unspecified atom stereocenters. The number of carbonyl (C=O) groups excluding carboxylic acids is 1. The van der Waals surface area contributed by atoms with E-state index in [-0.39, 0.29) is 5.91 Å². The Kier molecular flexibility index (Phi) is 7.41. The van der Waals surface area contributed by atoms with Gasteiger partial charge in [0.1, 0.15) is 0 Å². The topological polar surface area (TPSA) is 46.9 Å². The molecule has 0 saturated heterocycles. The zero-order valence-electron chi connectivity index (χ0n) is 18.2. The maximum atomic E-state index is 12.2. The molecule has 1 heterocycles. The van der Waals surface area contributed by atoms with E-state index in [9.17, 15) is 4.79 Å². The lowest BCUT2D eigenvalue weighted by atomic mass is 10.0. The standard InChI is InChI=1S/C27H27N3OS/c1-2-30-26(23-16-10-5-11-17-23)25(22-14-8-4-9-15-22)29-27(30)32-19-18-28-24(31)20-21-12-6-3-7-13-21/h3-17H,2,18-20H2,1H3,(H,28,31). The molecule has 0 radical (unpaired) electrons. The van der Waals surface area contributed by atoms with E-state index in [0.717, 1.165) is 45.5 Å². The third-order valence-corrected chi connectivity index (χ3v) is 6.18. The molecule has 1 N–H and O–H groups in total. The van der Waals surface area contributed by atoms with Gasteiger partial charge in [-0.3, -0.25) is 4.79 Å². The summed E-state index contributed by atoms with van der Waals surface area (Å²) < 4.78 is 2.27. The summed E-state index contributed by atoms with van der Waals surface area (Å²) in [6.45, 7) is 3.58. The van der Waals surface area contributed by atoms with Gasteiger partial charge in [-0.25, -0.2) is 4.98 Å². The summed E-state index contributed by atoms with van der Waals surface area (Å²) in [6, 6.07) is 30.6. The van der Waals surface area contributed by atoms with E-state index in [0.29, 0.717) is 13.0 Å². The maximum Gasteiger partial charge on any atom is 0.224 e. The minimum Gasteiger partial charge on any atom is -0.355 e. The monoisotopic (exact) mass is 441 g/mol. The summed E-state index contributed by atoms with van der Waals surface area (Å²) in [6.07, 6.45) is 0.408. The molecule has 0 spiro atoms. The second-order valence-electron chi connectivity index (χ2n) is 7.43. The van der Waals surface area contributed by atoms with Crippen LogP contribution in [0.2, 0.25) is 0 Å². The van der Waals surface area contributed by atoms with Crippen molar-refractivity contribution in [2.75, 3.05) is 12.3 Å². The van der Waals surface area contributed by atoms with Crippen LogP contribution < -0.4 is 5.32 Å². The van der Waals surface area contributed by atoms with Gasteiger partial charge in [0.05, 0.1) is 17.8 Å². The number of rotatable bonds is 9. The number of imidazole rings is 1. The highest BCUT2D eigenvalue weighted by atomic mass is 32.2. The zero-order valence-corrected chi connectivity index (χ0v) is 19.0. The molecule has 4 aromatic rings. The highest BCUT2D eigenvalue weighted by molar-refractivity contribution is 7.99. The first kappa shape index (κ1) is 21.9. The van der Waals surface area contributed by atoms with E-state index in [1.807, 2.05) is 54.6 Å². The molecule has 4 rings (SSSR count). The van der Waals surface area contributed by atoms with E-state index in [4.69, 9.17) is 4.98 Å². The minimum absolute atomic E-state index is 0.0468. The van der Waals surface area contributed by atoms with Crippen molar-refractivity contribution in [3.63, 3.8) is 0 Å². The highest BCUT2D eigenvalue weighted by Gasteiger charge is 2.19. The molecule has 0 aliphatic heterocycles. The molecule has 162 valence electrons. The number of amides is 1. The van der Waals surface area contributed by atoms with Gasteiger partial charge in [-0.1, -0.05) is 103 Å². The van der Waals surface area contributed by atoms with Crippen LogP contribution in [0, 0.1) is 0 Å². The Hall–Kier alpha value is -3.31. The summed E-state index contributed by atoms with van der Waals surface area (Å²) in [5.74, 6) is 0.811. The van der Waals surface area contributed by atoms with Crippen molar-refractivity contribution in [2.45, 2.75) is 25.0 Å². The molecule has 32 heavy (non-hydrogen) atoms. The maximum absolute atomic E-state index is 12.2. The molecule has 0 saturated carbocycles. The normalized spacial score (nSPS) is 10.8. The van der Waals surface area contributed by atoms with E-state index >= 15 is 0 Å². The molecule has 3 aromatic carbocycles. The Morgan fingerprint density at radius 3 is 2.09 bits per heavy atom. The summed E-state index contributed by atoms with van der Waals surface area (Å²) in [7, 11) is 0. The second kappa shape index (κ2) is 10.8. The van der Waals surface area contributed by atoms with Crippen molar-refractivity contribution < 1.29 is 4.79 Å². The Bertz CT molecular complexity index is 1140. The van der Waals surface area contributed by atoms with Crippen LogP contribution in [0.25, 0.3) is 22.5 Å². The first-order chi connectivity index (χ1) is 15.8. The van der Waals surface area contributed by atoms with Gasteiger partial charge in [0.2, 0.25) is 5.91 Å². The van der Waals surface area contributed by atoms with Crippen LogP contribution in [-0.2, 0) is 17.8 Å². The van der Waals surface area contributed by atoms with E-state index in [1.165, 1.54) is 0 Å². The number of nitrogens with one attached hydrogen (secondary N) is 1. The van der Waals surface area contributed by atoms with Gasteiger partial charge in [-0.2, -0.15) is 0 Å². The number of thioether (sulfide) groups is 1. The van der Waals surface area contributed by atoms with Crippen LogP contribution in [0.4, 0.5) is 0 Å². The van der Waals surface area contributed by atoms with Gasteiger partial charge in [-0.15, -0.1) is 0 Å². The van der Waals surface area contributed by atoms with Crippen molar-refractivity contribution in [3.05, 3.63) is 96.6 Å². The first-order valence-corrected chi connectivity index (χ1v) is 11.9. The molecule has 0 fully saturated rings. The molecular formula is C27H27N3OS. The SMILES string of the molecule is CCn1c(SCCNC(=O)Cc2ccccc2)nc(-c2ccccc2)c1-c1ccccc1. The minimum atomic E-state index is 0.0468. The van der Waals surface area contributed by atoms with E-state index < -0.39 is 0 Å². The van der Waals surface area contributed by atoms with Crippen LogP contribution in [0.15, 0.2) is 96.2 Å². The van der Waals surface area contributed by atoms with Gasteiger partial charge >= 0.3 is 0 Å². The van der Waals surface area contributed by atoms with Crippen LogP contribution >= 0.6 is 11.8 Å². The fraction of sp³-hybridized carbons (Fsp3) is 0.185. The average Bonchev–Trinajstić information content (AvgIpc) is 3.22. The smallest absolute Gasteiger partial charge is 0.224 e. The third kappa shape index (κ3) is 5.29.